The number of aromatic nitrogens is 1. The van der Waals surface area contributed by atoms with Crippen molar-refractivity contribution in [3.8, 4) is 5.75 Å². The van der Waals surface area contributed by atoms with E-state index < -0.39 is 6.10 Å². The van der Waals surface area contributed by atoms with E-state index in [9.17, 15) is 15.0 Å². The van der Waals surface area contributed by atoms with Crippen LogP contribution in [0, 0.1) is 0 Å². The Morgan fingerprint density at radius 1 is 1.59 bits per heavy atom. The summed E-state index contributed by atoms with van der Waals surface area (Å²) in [5.41, 5.74) is 0.196. The van der Waals surface area contributed by atoms with E-state index in [-0.39, 0.29) is 23.3 Å². The molecule has 17 heavy (non-hydrogen) atoms. The second-order valence-electron chi connectivity index (χ2n) is 4.10. The zero-order valence-corrected chi connectivity index (χ0v) is 9.50. The normalized spacial score (nSPS) is 23.6. The largest absolute Gasteiger partial charge is 0.505 e. The van der Waals surface area contributed by atoms with Gasteiger partial charge in [0.2, 0.25) is 0 Å². The second kappa shape index (κ2) is 4.68. The highest BCUT2D eigenvalue weighted by atomic mass is 16.3. The standard InChI is InChI=1S/C11H15N3O3/c1-14(8-4-13-6-10(8)16)11(17)7-2-3-12-5-9(7)15/h2-3,5,8,10,13,15-16H,4,6H2,1H3/t8-,10-/m0/s1. The van der Waals surface area contributed by atoms with E-state index in [0.717, 1.165) is 0 Å². The number of nitrogens with zero attached hydrogens (tertiary/aromatic N) is 2. The average Bonchev–Trinajstić information content (AvgIpc) is 2.74. The second-order valence-corrected chi connectivity index (χ2v) is 4.10. The molecular formula is C11H15N3O3. The number of hydrogen-bond acceptors (Lipinski definition) is 5. The van der Waals surface area contributed by atoms with Crippen LogP contribution in [0.3, 0.4) is 0 Å². The molecule has 0 saturated carbocycles. The van der Waals surface area contributed by atoms with Gasteiger partial charge in [0.1, 0.15) is 5.75 Å². The number of nitrogens with one attached hydrogen (secondary N) is 1. The molecule has 3 N–H and O–H groups in total. The molecule has 6 nitrogen and oxygen atoms in total. The first-order chi connectivity index (χ1) is 8.11. The summed E-state index contributed by atoms with van der Waals surface area (Å²) < 4.78 is 0. The minimum absolute atomic E-state index is 0.148. The fourth-order valence-corrected chi connectivity index (χ4v) is 1.95. The molecule has 1 aromatic heterocycles. The highest BCUT2D eigenvalue weighted by Gasteiger charge is 2.32. The van der Waals surface area contributed by atoms with Gasteiger partial charge in [0.15, 0.2) is 0 Å². The molecule has 1 aliphatic heterocycles. The summed E-state index contributed by atoms with van der Waals surface area (Å²) in [6.45, 7) is 1.03. The molecular weight excluding hydrogens is 222 g/mol. The van der Waals surface area contributed by atoms with Gasteiger partial charge in [0.25, 0.3) is 5.91 Å². The van der Waals surface area contributed by atoms with E-state index in [1.165, 1.54) is 23.4 Å². The number of likely N-dealkylation sites (N-methyl/N-ethyl adjacent to an activating group) is 1. The van der Waals surface area contributed by atoms with Crippen LogP contribution in [0.15, 0.2) is 18.5 Å². The number of aliphatic hydroxyl groups excluding tert-OH is 1. The van der Waals surface area contributed by atoms with E-state index in [1.807, 2.05) is 0 Å². The predicted molar refractivity (Wildman–Crippen MR) is 60.7 cm³/mol. The SMILES string of the molecule is CN(C(=O)c1ccncc1O)[C@H]1CNC[C@@H]1O. The maximum Gasteiger partial charge on any atom is 0.257 e. The molecule has 1 aromatic rings. The lowest BCUT2D eigenvalue weighted by atomic mass is 10.1. The van der Waals surface area contributed by atoms with Crippen LogP contribution in [0.2, 0.25) is 0 Å². The molecule has 92 valence electrons. The number of pyridine rings is 1. The molecule has 0 radical (unpaired) electrons. The van der Waals surface area contributed by atoms with Gasteiger partial charge in [-0.15, -0.1) is 0 Å². The molecule has 2 heterocycles. The number of carbonyl (C=O) groups excluding carboxylic acids is 1. The van der Waals surface area contributed by atoms with Gasteiger partial charge in [-0.2, -0.15) is 0 Å². The number of carbonyl (C=O) groups is 1. The molecule has 0 aliphatic carbocycles. The molecule has 0 bridgehead atoms. The van der Waals surface area contributed by atoms with Crippen LogP contribution < -0.4 is 5.32 Å². The summed E-state index contributed by atoms with van der Waals surface area (Å²) in [6, 6.07) is 1.19. The minimum Gasteiger partial charge on any atom is -0.505 e. The number of rotatable bonds is 2. The number of hydrogen-bond donors (Lipinski definition) is 3. The molecule has 2 rings (SSSR count). The van der Waals surface area contributed by atoms with E-state index in [1.54, 1.807) is 7.05 Å². The Balaban J connectivity index is 2.17. The van der Waals surface area contributed by atoms with Crippen molar-refractivity contribution < 1.29 is 15.0 Å². The number of aromatic hydroxyl groups is 1. The van der Waals surface area contributed by atoms with Gasteiger partial charge >= 0.3 is 0 Å². The minimum atomic E-state index is -0.576. The highest BCUT2D eigenvalue weighted by molar-refractivity contribution is 5.96. The van der Waals surface area contributed by atoms with Crippen molar-refractivity contribution in [1.29, 1.82) is 0 Å². The molecule has 1 amide bonds. The van der Waals surface area contributed by atoms with E-state index in [0.29, 0.717) is 13.1 Å². The van der Waals surface area contributed by atoms with Gasteiger partial charge in [-0.05, 0) is 6.07 Å². The van der Waals surface area contributed by atoms with Crippen LogP contribution in [-0.2, 0) is 0 Å². The van der Waals surface area contributed by atoms with E-state index >= 15 is 0 Å². The van der Waals surface area contributed by atoms with Crippen LogP contribution >= 0.6 is 0 Å². The summed E-state index contributed by atoms with van der Waals surface area (Å²) in [6.07, 6.45) is 2.10. The maximum absolute atomic E-state index is 12.1. The van der Waals surface area contributed by atoms with Crippen LogP contribution in [0.4, 0.5) is 0 Å². The van der Waals surface area contributed by atoms with Crippen LogP contribution in [0.5, 0.6) is 5.75 Å². The summed E-state index contributed by atoms with van der Waals surface area (Å²) >= 11 is 0. The lowest BCUT2D eigenvalue weighted by Crippen LogP contribution is -2.44. The third-order valence-electron chi connectivity index (χ3n) is 3.00. The molecule has 2 atom stereocenters. The monoisotopic (exact) mass is 237 g/mol. The molecule has 0 aromatic carbocycles. The van der Waals surface area contributed by atoms with Gasteiger partial charge in [0.05, 0.1) is 23.9 Å². The topological polar surface area (TPSA) is 85.7 Å². The maximum atomic E-state index is 12.1. The van der Waals surface area contributed by atoms with Crippen molar-refractivity contribution >= 4 is 5.91 Å². The van der Waals surface area contributed by atoms with Crippen LogP contribution in [-0.4, -0.2) is 58.3 Å². The Bertz CT molecular complexity index is 424. The predicted octanol–water partition coefficient (Wildman–Crippen LogP) is -0.808. The fraction of sp³-hybridized carbons (Fsp3) is 0.455. The van der Waals surface area contributed by atoms with Crippen molar-refractivity contribution in [2.75, 3.05) is 20.1 Å². The zero-order chi connectivity index (χ0) is 12.4. The first-order valence-corrected chi connectivity index (χ1v) is 5.40. The van der Waals surface area contributed by atoms with Crippen molar-refractivity contribution in [1.82, 2.24) is 15.2 Å². The summed E-state index contributed by atoms with van der Waals surface area (Å²) in [7, 11) is 1.61. The number of β-amino-alcohol motifs (C(OH)–C–C–N with tert-alkyl or cyclic N) is 1. The molecule has 1 fully saturated rings. The number of aliphatic hydroxyl groups is 1. The van der Waals surface area contributed by atoms with Crippen LogP contribution in [0.1, 0.15) is 10.4 Å². The van der Waals surface area contributed by atoms with Gasteiger partial charge in [-0.3, -0.25) is 9.78 Å². The fourth-order valence-electron chi connectivity index (χ4n) is 1.95. The molecule has 1 saturated heterocycles. The van der Waals surface area contributed by atoms with Crippen molar-refractivity contribution in [3.63, 3.8) is 0 Å². The zero-order valence-electron chi connectivity index (χ0n) is 9.50. The Labute approximate surface area is 98.9 Å². The smallest absolute Gasteiger partial charge is 0.257 e. The summed E-state index contributed by atoms with van der Waals surface area (Å²) in [5.74, 6) is -0.470. The first kappa shape index (κ1) is 11.8. The molecule has 0 spiro atoms. The highest BCUT2D eigenvalue weighted by Crippen LogP contribution is 2.18. The van der Waals surface area contributed by atoms with Crippen LogP contribution in [0.25, 0.3) is 0 Å². The van der Waals surface area contributed by atoms with Crippen molar-refractivity contribution in [2.45, 2.75) is 12.1 Å². The quantitative estimate of drug-likeness (QED) is 0.626. The first-order valence-electron chi connectivity index (χ1n) is 5.40. The Hall–Kier alpha value is -1.66. The Kier molecular flexibility index (Phi) is 3.26. The van der Waals surface area contributed by atoms with E-state index in [2.05, 4.69) is 10.3 Å². The average molecular weight is 237 g/mol. The molecule has 6 heteroatoms. The van der Waals surface area contributed by atoms with Gasteiger partial charge in [0, 0.05) is 26.3 Å². The molecule has 0 unspecified atom stereocenters. The van der Waals surface area contributed by atoms with Gasteiger partial charge < -0.3 is 20.4 Å². The Morgan fingerprint density at radius 3 is 2.94 bits per heavy atom. The number of amides is 1. The summed E-state index contributed by atoms with van der Waals surface area (Å²) in [4.78, 5) is 17.3. The third kappa shape index (κ3) is 2.22. The summed E-state index contributed by atoms with van der Waals surface area (Å²) in [5, 5.41) is 22.2. The van der Waals surface area contributed by atoms with Crippen molar-refractivity contribution in [3.05, 3.63) is 24.0 Å². The van der Waals surface area contributed by atoms with E-state index in [4.69, 9.17) is 0 Å². The van der Waals surface area contributed by atoms with Gasteiger partial charge in [-0.1, -0.05) is 0 Å². The lowest BCUT2D eigenvalue weighted by Gasteiger charge is -2.26. The van der Waals surface area contributed by atoms with Crippen molar-refractivity contribution in [2.24, 2.45) is 0 Å². The lowest BCUT2D eigenvalue weighted by molar-refractivity contribution is 0.0578. The Morgan fingerprint density at radius 2 is 2.35 bits per heavy atom. The molecule has 1 aliphatic rings. The third-order valence-corrected chi connectivity index (χ3v) is 3.00. The van der Waals surface area contributed by atoms with Gasteiger partial charge in [-0.25, -0.2) is 0 Å².